The molecule has 0 unspecified atom stereocenters. The summed E-state index contributed by atoms with van der Waals surface area (Å²) in [5.74, 6) is -1.11. The van der Waals surface area contributed by atoms with E-state index in [0.717, 1.165) is 23.7 Å². The number of anilines is 2. The van der Waals surface area contributed by atoms with Gasteiger partial charge in [0, 0.05) is 25.3 Å². The summed E-state index contributed by atoms with van der Waals surface area (Å²) >= 11 is 0. The van der Waals surface area contributed by atoms with Crippen LogP contribution < -0.4 is 10.2 Å². The Kier molecular flexibility index (Phi) is 4.83. The maximum Gasteiger partial charge on any atom is 0.338 e. The number of hydrogen-bond acceptors (Lipinski definition) is 6. The number of fused-ring (bicyclic) bond motifs is 1. The number of hydrogen-bond donors (Lipinski definition) is 1. The topological polar surface area (TPSA) is 102 Å². The molecule has 26 heavy (non-hydrogen) atoms. The van der Waals surface area contributed by atoms with Crippen molar-refractivity contribution in [3.8, 4) is 0 Å². The minimum Gasteiger partial charge on any atom is -0.452 e. The highest BCUT2D eigenvalue weighted by atomic mass is 16.6. The van der Waals surface area contributed by atoms with E-state index in [1.54, 1.807) is 11.9 Å². The molecule has 0 radical (unpaired) electrons. The Balaban J connectivity index is 1.67. The number of carbonyl (C=O) groups excluding carboxylic acids is 2. The zero-order valence-electron chi connectivity index (χ0n) is 14.1. The second-order valence-corrected chi connectivity index (χ2v) is 5.74. The van der Waals surface area contributed by atoms with E-state index in [-0.39, 0.29) is 22.8 Å². The summed E-state index contributed by atoms with van der Waals surface area (Å²) in [7, 11) is 1.55. The molecule has 0 fully saturated rings. The smallest absolute Gasteiger partial charge is 0.338 e. The molecule has 1 aliphatic heterocycles. The van der Waals surface area contributed by atoms with Crippen LogP contribution in [0, 0.1) is 10.1 Å². The number of esters is 1. The number of para-hydroxylation sites is 1. The highest BCUT2D eigenvalue weighted by molar-refractivity contribution is 5.98. The lowest BCUT2D eigenvalue weighted by Gasteiger charge is -2.17. The SMILES string of the molecule is CNc1ccc(C(=O)OCC(=O)N2CCc3ccccc32)cc1[N+](=O)[O-]. The molecule has 134 valence electrons. The van der Waals surface area contributed by atoms with Crippen LogP contribution in [-0.2, 0) is 16.0 Å². The molecule has 1 N–H and O–H groups in total. The first-order chi connectivity index (χ1) is 12.5. The van der Waals surface area contributed by atoms with Crippen molar-refractivity contribution >= 4 is 28.9 Å². The number of benzene rings is 2. The molecule has 1 amide bonds. The maximum absolute atomic E-state index is 12.3. The van der Waals surface area contributed by atoms with Crippen LogP contribution in [0.3, 0.4) is 0 Å². The Bertz CT molecular complexity index is 881. The van der Waals surface area contributed by atoms with Gasteiger partial charge in [-0.1, -0.05) is 18.2 Å². The third-order valence-corrected chi connectivity index (χ3v) is 4.21. The number of nitro groups is 1. The molecule has 2 aromatic carbocycles. The summed E-state index contributed by atoms with van der Waals surface area (Å²) in [6, 6.07) is 11.5. The molecule has 0 aromatic heterocycles. The van der Waals surface area contributed by atoms with Crippen LogP contribution in [0.1, 0.15) is 15.9 Å². The van der Waals surface area contributed by atoms with Gasteiger partial charge < -0.3 is 15.0 Å². The van der Waals surface area contributed by atoms with Gasteiger partial charge in [-0.25, -0.2) is 4.79 Å². The molecule has 1 aliphatic rings. The third-order valence-electron chi connectivity index (χ3n) is 4.21. The van der Waals surface area contributed by atoms with Crippen molar-refractivity contribution in [1.29, 1.82) is 0 Å². The second kappa shape index (κ2) is 7.22. The largest absolute Gasteiger partial charge is 0.452 e. The van der Waals surface area contributed by atoms with Crippen molar-refractivity contribution in [2.24, 2.45) is 0 Å². The van der Waals surface area contributed by atoms with Gasteiger partial charge in [-0.2, -0.15) is 0 Å². The van der Waals surface area contributed by atoms with Crippen molar-refractivity contribution in [3.05, 3.63) is 63.7 Å². The minimum atomic E-state index is -0.781. The van der Waals surface area contributed by atoms with Gasteiger partial charge in [0.1, 0.15) is 5.69 Å². The molecule has 0 bridgehead atoms. The molecule has 0 saturated carbocycles. The Labute approximate surface area is 149 Å². The van der Waals surface area contributed by atoms with E-state index in [1.165, 1.54) is 12.1 Å². The van der Waals surface area contributed by atoms with E-state index >= 15 is 0 Å². The zero-order valence-corrected chi connectivity index (χ0v) is 14.1. The predicted octanol–water partition coefficient (Wildman–Crippen LogP) is 2.38. The Morgan fingerprint density at radius 3 is 2.77 bits per heavy atom. The van der Waals surface area contributed by atoms with Gasteiger partial charge in [0.05, 0.1) is 10.5 Å². The van der Waals surface area contributed by atoms with E-state index in [0.29, 0.717) is 6.54 Å². The molecule has 1 heterocycles. The number of nitro benzene ring substituents is 1. The van der Waals surface area contributed by atoms with E-state index in [9.17, 15) is 19.7 Å². The molecule has 0 saturated heterocycles. The second-order valence-electron chi connectivity index (χ2n) is 5.74. The molecule has 0 aliphatic carbocycles. The molecule has 8 heteroatoms. The van der Waals surface area contributed by atoms with Crippen LogP contribution in [0.2, 0.25) is 0 Å². The van der Waals surface area contributed by atoms with Crippen molar-refractivity contribution in [3.63, 3.8) is 0 Å². The van der Waals surface area contributed by atoms with Crippen LogP contribution in [0.5, 0.6) is 0 Å². The minimum absolute atomic E-state index is 0.0188. The van der Waals surface area contributed by atoms with Gasteiger partial charge in [-0.05, 0) is 30.2 Å². The van der Waals surface area contributed by atoms with Gasteiger partial charge in [0.2, 0.25) is 0 Å². The third kappa shape index (κ3) is 3.34. The number of amides is 1. The van der Waals surface area contributed by atoms with Crippen LogP contribution in [0.15, 0.2) is 42.5 Å². The van der Waals surface area contributed by atoms with E-state index in [4.69, 9.17) is 4.74 Å². The first-order valence-corrected chi connectivity index (χ1v) is 8.03. The first-order valence-electron chi connectivity index (χ1n) is 8.03. The number of ether oxygens (including phenoxy) is 1. The quantitative estimate of drug-likeness (QED) is 0.502. The van der Waals surface area contributed by atoms with Crippen molar-refractivity contribution in [2.75, 3.05) is 30.4 Å². The highest BCUT2D eigenvalue weighted by Crippen LogP contribution is 2.28. The number of nitrogens with zero attached hydrogens (tertiary/aromatic N) is 2. The van der Waals surface area contributed by atoms with E-state index in [1.807, 2.05) is 24.3 Å². The molecule has 2 aromatic rings. The van der Waals surface area contributed by atoms with Gasteiger partial charge >= 0.3 is 5.97 Å². The fourth-order valence-electron chi connectivity index (χ4n) is 2.91. The molecule has 0 atom stereocenters. The predicted molar refractivity (Wildman–Crippen MR) is 95.4 cm³/mol. The summed E-state index contributed by atoms with van der Waals surface area (Å²) in [6.07, 6.45) is 0.757. The summed E-state index contributed by atoms with van der Waals surface area (Å²) < 4.78 is 5.05. The van der Waals surface area contributed by atoms with Crippen LogP contribution in [0.4, 0.5) is 17.1 Å². The monoisotopic (exact) mass is 355 g/mol. The summed E-state index contributed by atoms with van der Waals surface area (Å²) in [5.41, 5.74) is 1.97. The first kappa shape index (κ1) is 17.4. The van der Waals surface area contributed by atoms with Gasteiger partial charge in [0.25, 0.3) is 11.6 Å². The lowest BCUT2D eigenvalue weighted by molar-refractivity contribution is -0.384. The molecule has 8 nitrogen and oxygen atoms in total. The number of nitrogens with one attached hydrogen (secondary N) is 1. The summed E-state index contributed by atoms with van der Waals surface area (Å²) in [4.78, 5) is 36.6. The summed E-state index contributed by atoms with van der Waals surface area (Å²) in [5, 5.41) is 13.8. The zero-order chi connectivity index (χ0) is 18.7. The standard InChI is InChI=1S/C18H17N3O5/c1-19-14-7-6-13(10-16(14)21(24)25)18(23)26-11-17(22)20-9-8-12-4-2-3-5-15(12)20/h2-7,10,19H,8-9,11H2,1H3. The maximum atomic E-state index is 12.3. The number of rotatable bonds is 5. The lowest BCUT2D eigenvalue weighted by atomic mass is 10.1. The van der Waals surface area contributed by atoms with Crippen LogP contribution in [-0.4, -0.2) is 37.0 Å². The van der Waals surface area contributed by atoms with Gasteiger partial charge in [-0.3, -0.25) is 14.9 Å². The van der Waals surface area contributed by atoms with E-state index in [2.05, 4.69) is 5.32 Å². The van der Waals surface area contributed by atoms with Crippen LogP contribution in [0.25, 0.3) is 0 Å². The Morgan fingerprint density at radius 1 is 1.27 bits per heavy atom. The molecular formula is C18H17N3O5. The summed E-state index contributed by atoms with van der Waals surface area (Å²) in [6.45, 7) is 0.118. The van der Waals surface area contributed by atoms with Crippen LogP contribution >= 0.6 is 0 Å². The number of carbonyl (C=O) groups is 2. The normalized spacial score (nSPS) is 12.4. The molecular weight excluding hydrogens is 338 g/mol. The van der Waals surface area contributed by atoms with Crippen molar-refractivity contribution in [2.45, 2.75) is 6.42 Å². The van der Waals surface area contributed by atoms with E-state index < -0.39 is 17.5 Å². The Morgan fingerprint density at radius 2 is 2.04 bits per heavy atom. The van der Waals surface area contributed by atoms with Crippen molar-refractivity contribution < 1.29 is 19.2 Å². The van der Waals surface area contributed by atoms with Crippen molar-refractivity contribution in [1.82, 2.24) is 0 Å². The van der Waals surface area contributed by atoms with Gasteiger partial charge in [-0.15, -0.1) is 0 Å². The van der Waals surface area contributed by atoms with Gasteiger partial charge in [0.15, 0.2) is 6.61 Å². The fourth-order valence-corrected chi connectivity index (χ4v) is 2.91. The average Bonchev–Trinajstić information content (AvgIpc) is 3.09. The fraction of sp³-hybridized carbons (Fsp3) is 0.222. The molecule has 0 spiro atoms. The Hall–Kier alpha value is -3.42. The lowest BCUT2D eigenvalue weighted by Crippen LogP contribution is -2.33. The average molecular weight is 355 g/mol. The molecule has 3 rings (SSSR count). The highest BCUT2D eigenvalue weighted by Gasteiger charge is 2.25.